The molecule has 0 spiro atoms. The van der Waals surface area contributed by atoms with Crippen LogP contribution in [-0.4, -0.2) is 45.8 Å². The molecule has 0 N–H and O–H groups in total. The Morgan fingerprint density at radius 1 is 1.31 bits per heavy atom. The van der Waals surface area contributed by atoms with Gasteiger partial charge in [0.05, 0.1) is 11.5 Å². The number of nitrogens with zero attached hydrogens (tertiary/aromatic N) is 1. The SMILES string of the molecule is CN([C@@H]1CCS(=O)(=O)C1)[Si](C)(C)C. The van der Waals surface area contributed by atoms with E-state index in [0.29, 0.717) is 11.5 Å². The normalized spacial score (nSPS) is 28.2. The van der Waals surface area contributed by atoms with E-state index < -0.39 is 18.1 Å². The first-order chi connectivity index (χ1) is 5.72. The van der Waals surface area contributed by atoms with Crippen molar-refractivity contribution in [2.24, 2.45) is 0 Å². The molecule has 1 fully saturated rings. The summed E-state index contributed by atoms with van der Waals surface area (Å²) in [5.41, 5.74) is 0. The number of hydrogen-bond acceptors (Lipinski definition) is 3. The second-order valence-corrected chi connectivity index (χ2v) is 12.1. The van der Waals surface area contributed by atoms with Crippen molar-refractivity contribution in [1.29, 1.82) is 0 Å². The Bertz CT molecular complexity index is 281. The van der Waals surface area contributed by atoms with Crippen LogP contribution in [0.3, 0.4) is 0 Å². The molecule has 0 bridgehead atoms. The summed E-state index contributed by atoms with van der Waals surface area (Å²) in [7, 11) is -1.97. The van der Waals surface area contributed by atoms with Gasteiger partial charge in [0.1, 0.15) is 8.24 Å². The largest absolute Gasteiger partial charge is 0.323 e. The summed E-state index contributed by atoms with van der Waals surface area (Å²) in [4.78, 5) is 0. The second-order valence-electron chi connectivity index (χ2n) is 4.84. The standard InChI is InChI=1S/C8H19NO2SSi/c1-9(13(2,3)4)8-5-6-12(10,11)7-8/h8H,5-7H2,1-4H3/t8-/m1/s1. The van der Waals surface area contributed by atoms with E-state index in [1.165, 1.54) is 0 Å². The summed E-state index contributed by atoms with van der Waals surface area (Å²) in [5.74, 6) is 0.750. The van der Waals surface area contributed by atoms with E-state index in [4.69, 9.17) is 0 Å². The Balaban J connectivity index is 2.67. The molecule has 1 atom stereocenters. The zero-order valence-corrected chi connectivity index (χ0v) is 10.7. The molecule has 1 heterocycles. The van der Waals surface area contributed by atoms with E-state index in [1.807, 2.05) is 0 Å². The highest BCUT2D eigenvalue weighted by molar-refractivity contribution is 7.91. The average molecular weight is 221 g/mol. The highest BCUT2D eigenvalue weighted by atomic mass is 32.2. The molecule has 3 nitrogen and oxygen atoms in total. The van der Waals surface area contributed by atoms with Crippen molar-refractivity contribution in [3.63, 3.8) is 0 Å². The minimum Gasteiger partial charge on any atom is -0.323 e. The van der Waals surface area contributed by atoms with Gasteiger partial charge in [-0.1, -0.05) is 19.6 Å². The van der Waals surface area contributed by atoms with Crippen molar-refractivity contribution in [2.45, 2.75) is 32.1 Å². The summed E-state index contributed by atoms with van der Waals surface area (Å²) in [5, 5.41) is 0. The fraction of sp³-hybridized carbons (Fsp3) is 1.00. The Hall–Kier alpha value is 0.127. The van der Waals surface area contributed by atoms with Crippen LogP contribution in [0.15, 0.2) is 0 Å². The van der Waals surface area contributed by atoms with Crippen molar-refractivity contribution < 1.29 is 8.42 Å². The maximum absolute atomic E-state index is 11.3. The molecular weight excluding hydrogens is 202 g/mol. The second kappa shape index (κ2) is 3.36. The molecular formula is C8H19NO2SSi. The van der Waals surface area contributed by atoms with Crippen LogP contribution in [0.4, 0.5) is 0 Å². The van der Waals surface area contributed by atoms with Gasteiger partial charge in [-0.2, -0.15) is 0 Å². The molecule has 78 valence electrons. The third-order valence-electron chi connectivity index (χ3n) is 2.81. The summed E-state index contributed by atoms with van der Waals surface area (Å²) < 4.78 is 24.8. The van der Waals surface area contributed by atoms with Crippen molar-refractivity contribution >= 4 is 18.1 Å². The smallest absolute Gasteiger partial charge is 0.151 e. The Labute approximate surface area is 82.1 Å². The highest BCUT2D eigenvalue weighted by Gasteiger charge is 2.35. The fourth-order valence-corrected chi connectivity index (χ4v) is 4.85. The first-order valence-corrected chi connectivity index (χ1v) is 9.92. The first kappa shape index (κ1) is 11.2. The van der Waals surface area contributed by atoms with Crippen LogP contribution in [0, 0.1) is 0 Å². The van der Waals surface area contributed by atoms with E-state index in [1.54, 1.807) is 0 Å². The minimum atomic E-state index is -2.72. The van der Waals surface area contributed by atoms with Crippen LogP contribution < -0.4 is 0 Å². The molecule has 13 heavy (non-hydrogen) atoms. The lowest BCUT2D eigenvalue weighted by Gasteiger charge is -2.34. The Morgan fingerprint density at radius 2 is 1.85 bits per heavy atom. The number of rotatable bonds is 2. The van der Waals surface area contributed by atoms with Crippen LogP contribution in [-0.2, 0) is 9.84 Å². The van der Waals surface area contributed by atoms with Crippen LogP contribution in [0.1, 0.15) is 6.42 Å². The van der Waals surface area contributed by atoms with Crippen molar-refractivity contribution in [3.8, 4) is 0 Å². The van der Waals surface area contributed by atoms with Gasteiger partial charge in [-0.05, 0) is 13.5 Å². The lowest BCUT2D eigenvalue weighted by atomic mass is 10.3. The number of sulfone groups is 1. The average Bonchev–Trinajstić information content (AvgIpc) is 2.26. The summed E-state index contributed by atoms with van der Waals surface area (Å²) >= 11 is 0. The third-order valence-corrected chi connectivity index (χ3v) is 7.05. The topological polar surface area (TPSA) is 37.4 Å². The van der Waals surface area contributed by atoms with E-state index in [2.05, 4.69) is 31.3 Å². The third kappa shape index (κ3) is 2.79. The van der Waals surface area contributed by atoms with Gasteiger partial charge < -0.3 is 4.57 Å². The Morgan fingerprint density at radius 3 is 2.15 bits per heavy atom. The molecule has 1 aliphatic rings. The van der Waals surface area contributed by atoms with E-state index in [-0.39, 0.29) is 6.04 Å². The van der Waals surface area contributed by atoms with Crippen LogP contribution >= 0.6 is 0 Å². The maximum atomic E-state index is 11.3. The summed E-state index contributed by atoms with van der Waals surface area (Å²) in [6, 6.07) is 0.275. The van der Waals surface area contributed by atoms with Crippen molar-refractivity contribution in [2.75, 3.05) is 18.6 Å². The first-order valence-electron chi connectivity index (χ1n) is 4.66. The predicted octanol–water partition coefficient (Wildman–Crippen LogP) is 0.940. The summed E-state index contributed by atoms with van der Waals surface area (Å²) in [6.07, 6.45) is 0.823. The molecule has 1 saturated heterocycles. The lowest BCUT2D eigenvalue weighted by molar-refractivity contribution is 0.400. The van der Waals surface area contributed by atoms with Gasteiger partial charge in [0.2, 0.25) is 0 Å². The van der Waals surface area contributed by atoms with Crippen LogP contribution in [0.25, 0.3) is 0 Å². The van der Waals surface area contributed by atoms with Crippen molar-refractivity contribution in [3.05, 3.63) is 0 Å². The number of hydrogen-bond donors (Lipinski definition) is 0. The molecule has 0 aromatic heterocycles. The van der Waals surface area contributed by atoms with Gasteiger partial charge in [0.25, 0.3) is 0 Å². The zero-order valence-electron chi connectivity index (χ0n) is 8.87. The summed E-state index contributed by atoms with van der Waals surface area (Å²) in [6.45, 7) is 6.74. The van der Waals surface area contributed by atoms with Gasteiger partial charge in [-0.25, -0.2) is 8.42 Å². The lowest BCUT2D eigenvalue weighted by Crippen LogP contribution is -2.49. The van der Waals surface area contributed by atoms with E-state index >= 15 is 0 Å². The fourth-order valence-electron chi connectivity index (χ4n) is 1.63. The molecule has 0 radical (unpaired) electrons. The van der Waals surface area contributed by atoms with Crippen LogP contribution in [0.2, 0.25) is 19.6 Å². The van der Waals surface area contributed by atoms with Gasteiger partial charge in [0.15, 0.2) is 9.84 Å². The van der Waals surface area contributed by atoms with Crippen LogP contribution in [0.5, 0.6) is 0 Å². The monoisotopic (exact) mass is 221 g/mol. The van der Waals surface area contributed by atoms with Gasteiger partial charge >= 0.3 is 0 Å². The van der Waals surface area contributed by atoms with Gasteiger partial charge in [0, 0.05) is 6.04 Å². The van der Waals surface area contributed by atoms with Gasteiger partial charge in [-0.3, -0.25) is 0 Å². The quantitative estimate of drug-likeness (QED) is 0.651. The van der Waals surface area contributed by atoms with Gasteiger partial charge in [-0.15, -0.1) is 0 Å². The van der Waals surface area contributed by atoms with Crippen molar-refractivity contribution in [1.82, 2.24) is 4.57 Å². The predicted molar refractivity (Wildman–Crippen MR) is 58.2 cm³/mol. The molecule has 0 unspecified atom stereocenters. The minimum absolute atomic E-state index is 0.275. The zero-order chi connectivity index (χ0) is 10.3. The molecule has 1 rings (SSSR count). The Kier molecular flexibility index (Phi) is 2.90. The molecule has 0 aromatic carbocycles. The molecule has 0 aliphatic carbocycles. The van der Waals surface area contributed by atoms with E-state index in [9.17, 15) is 8.42 Å². The molecule has 0 aromatic rings. The van der Waals surface area contributed by atoms with E-state index in [0.717, 1.165) is 6.42 Å². The molecule has 0 amide bonds. The molecule has 1 aliphatic heterocycles. The maximum Gasteiger partial charge on any atom is 0.151 e. The highest BCUT2D eigenvalue weighted by Crippen LogP contribution is 2.21. The molecule has 0 saturated carbocycles. The molecule has 5 heteroatoms.